The Balaban J connectivity index is 2.57. The van der Waals surface area contributed by atoms with Gasteiger partial charge in [0, 0.05) is 4.47 Å². The fourth-order valence-electron chi connectivity index (χ4n) is 2.25. The van der Waals surface area contributed by atoms with Crippen molar-refractivity contribution >= 4 is 21.9 Å². The van der Waals surface area contributed by atoms with E-state index in [9.17, 15) is 9.90 Å². The first kappa shape index (κ1) is 17.0. The van der Waals surface area contributed by atoms with Gasteiger partial charge in [-0.15, -0.1) is 0 Å². The average molecular weight is 343 g/mol. The van der Waals surface area contributed by atoms with Crippen LogP contribution < -0.4 is 4.74 Å². The lowest BCUT2D eigenvalue weighted by atomic mass is 9.77. The average Bonchev–Trinajstić information content (AvgIpc) is 2.44. The van der Waals surface area contributed by atoms with Crippen LogP contribution in [0.15, 0.2) is 28.7 Å². The Labute approximate surface area is 129 Å². The van der Waals surface area contributed by atoms with Crippen LogP contribution >= 0.6 is 15.9 Å². The molecule has 0 fully saturated rings. The maximum absolute atomic E-state index is 11.6. The number of rotatable bonds is 9. The zero-order valence-electron chi connectivity index (χ0n) is 12.2. The maximum Gasteiger partial charge on any atom is 0.309 e. The summed E-state index contributed by atoms with van der Waals surface area (Å²) < 4.78 is 6.67. The number of unbranched alkanes of at least 4 members (excludes halogenated alkanes) is 1. The summed E-state index contributed by atoms with van der Waals surface area (Å²) in [4.78, 5) is 11.6. The summed E-state index contributed by atoms with van der Waals surface area (Å²) in [7, 11) is 0. The smallest absolute Gasteiger partial charge is 0.309 e. The molecule has 0 amide bonds. The fraction of sp³-hybridized carbons (Fsp3) is 0.562. The van der Waals surface area contributed by atoms with E-state index in [1.54, 1.807) is 0 Å². The number of carboxylic acid groups (broad SMARTS) is 1. The summed E-state index contributed by atoms with van der Waals surface area (Å²) in [5.74, 6) is 0.0759. The fourth-order valence-corrected chi connectivity index (χ4v) is 2.52. The second-order valence-electron chi connectivity index (χ2n) is 5.09. The first-order chi connectivity index (χ1) is 9.54. The lowest BCUT2D eigenvalue weighted by Gasteiger charge is -2.28. The van der Waals surface area contributed by atoms with Gasteiger partial charge in [-0.1, -0.05) is 42.6 Å². The number of benzene rings is 1. The molecule has 1 atom stereocenters. The number of hydrogen-bond donors (Lipinski definition) is 1. The van der Waals surface area contributed by atoms with Crippen LogP contribution in [0, 0.1) is 5.41 Å². The Kier molecular flexibility index (Phi) is 7.06. The number of hydrogen-bond acceptors (Lipinski definition) is 2. The number of aliphatic carboxylic acids is 1. The summed E-state index contributed by atoms with van der Waals surface area (Å²) in [6.07, 6.45) is 3.88. The number of carbonyl (C=O) groups is 1. The van der Waals surface area contributed by atoms with Crippen molar-refractivity contribution in [1.29, 1.82) is 0 Å². The highest BCUT2D eigenvalue weighted by atomic mass is 79.9. The van der Waals surface area contributed by atoms with Crippen LogP contribution in [0.5, 0.6) is 5.75 Å². The molecule has 0 spiro atoms. The van der Waals surface area contributed by atoms with E-state index in [1.165, 1.54) is 0 Å². The SMILES string of the molecule is CCCCC(CC)(CCOc1ccc(Br)cc1)C(=O)O. The molecule has 20 heavy (non-hydrogen) atoms. The Morgan fingerprint density at radius 2 is 1.90 bits per heavy atom. The van der Waals surface area contributed by atoms with Crippen LogP contribution in [0.4, 0.5) is 0 Å². The zero-order chi connectivity index (χ0) is 15.0. The van der Waals surface area contributed by atoms with Gasteiger partial charge < -0.3 is 9.84 Å². The number of halogens is 1. The molecular weight excluding hydrogens is 320 g/mol. The normalized spacial score (nSPS) is 13.8. The molecule has 1 rings (SSSR count). The number of carboxylic acids is 1. The van der Waals surface area contributed by atoms with Crippen molar-refractivity contribution in [1.82, 2.24) is 0 Å². The third kappa shape index (κ3) is 4.82. The topological polar surface area (TPSA) is 46.5 Å². The Hall–Kier alpha value is -1.03. The minimum atomic E-state index is -0.701. The van der Waals surface area contributed by atoms with Gasteiger partial charge in [-0.05, 0) is 43.5 Å². The van der Waals surface area contributed by atoms with Gasteiger partial charge >= 0.3 is 5.97 Å². The van der Waals surface area contributed by atoms with E-state index in [1.807, 2.05) is 31.2 Å². The van der Waals surface area contributed by atoms with Crippen molar-refractivity contribution in [3.05, 3.63) is 28.7 Å². The zero-order valence-corrected chi connectivity index (χ0v) is 13.8. The minimum absolute atomic E-state index is 0.436. The van der Waals surface area contributed by atoms with Crippen LogP contribution in [0.3, 0.4) is 0 Å². The van der Waals surface area contributed by atoms with Crippen molar-refractivity contribution in [2.45, 2.75) is 46.0 Å². The van der Waals surface area contributed by atoms with E-state index < -0.39 is 11.4 Å². The highest BCUT2D eigenvalue weighted by Crippen LogP contribution is 2.33. The molecule has 3 nitrogen and oxygen atoms in total. The van der Waals surface area contributed by atoms with Gasteiger partial charge in [0.05, 0.1) is 12.0 Å². The Morgan fingerprint density at radius 3 is 2.40 bits per heavy atom. The van der Waals surface area contributed by atoms with Crippen LogP contribution in [-0.4, -0.2) is 17.7 Å². The van der Waals surface area contributed by atoms with Crippen molar-refractivity contribution in [3.8, 4) is 5.75 Å². The van der Waals surface area contributed by atoms with Gasteiger partial charge in [-0.25, -0.2) is 0 Å². The van der Waals surface area contributed by atoms with Crippen LogP contribution in [0.25, 0.3) is 0 Å². The van der Waals surface area contributed by atoms with Gasteiger partial charge in [-0.3, -0.25) is 4.79 Å². The Morgan fingerprint density at radius 1 is 1.25 bits per heavy atom. The quantitative estimate of drug-likeness (QED) is 0.694. The predicted molar refractivity (Wildman–Crippen MR) is 84.1 cm³/mol. The van der Waals surface area contributed by atoms with E-state index in [0.29, 0.717) is 19.4 Å². The summed E-state index contributed by atoms with van der Waals surface area (Å²) in [5.41, 5.74) is -0.647. The molecule has 0 aliphatic carbocycles. The molecule has 0 bridgehead atoms. The second kappa shape index (κ2) is 8.30. The largest absolute Gasteiger partial charge is 0.494 e. The van der Waals surface area contributed by atoms with Crippen molar-refractivity contribution in [3.63, 3.8) is 0 Å². The van der Waals surface area contributed by atoms with E-state index in [4.69, 9.17) is 4.74 Å². The number of ether oxygens (including phenoxy) is 1. The van der Waals surface area contributed by atoms with Crippen LogP contribution in [-0.2, 0) is 4.79 Å². The molecule has 4 heteroatoms. The van der Waals surface area contributed by atoms with Gasteiger partial charge in [0.2, 0.25) is 0 Å². The summed E-state index contributed by atoms with van der Waals surface area (Å²) in [6, 6.07) is 7.59. The van der Waals surface area contributed by atoms with Crippen molar-refractivity contribution < 1.29 is 14.6 Å². The first-order valence-electron chi connectivity index (χ1n) is 7.16. The summed E-state index contributed by atoms with van der Waals surface area (Å²) >= 11 is 3.37. The second-order valence-corrected chi connectivity index (χ2v) is 6.01. The van der Waals surface area contributed by atoms with Crippen molar-refractivity contribution in [2.75, 3.05) is 6.61 Å². The Bertz CT molecular complexity index is 416. The van der Waals surface area contributed by atoms with Gasteiger partial charge in [0.15, 0.2) is 0 Å². The highest BCUT2D eigenvalue weighted by molar-refractivity contribution is 9.10. The van der Waals surface area contributed by atoms with Gasteiger partial charge in [0.1, 0.15) is 5.75 Å². The molecule has 1 aromatic rings. The van der Waals surface area contributed by atoms with E-state index >= 15 is 0 Å². The molecule has 0 heterocycles. The van der Waals surface area contributed by atoms with E-state index in [0.717, 1.165) is 29.5 Å². The molecule has 0 aliphatic rings. The lowest BCUT2D eigenvalue weighted by Crippen LogP contribution is -2.32. The molecular formula is C16H23BrO3. The molecule has 0 radical (unpaired) electrons. The lowest BCUT2D eigenvalue weighted by molar-refractivity contribution is -0.150. The highest BCUT2D eigenvalue weighted by Gasteiger charge is 2.35. The third-order valence-corrected chi connectivity index (χ3v) is 4.33. The molecule has 0 aliphatic heterocycles. The standard InChI is InChI=1S/C16H23BrO3/c1-3-5-10-16(4-2,15(18)19)11-12-20-14-8-6-13(17)7-9-14/h6-9H,3-5,10-12H2,1-2H3,(H,18,19). The molecule has 1 unspecified atom stereocenters. The first-order valence-corrected chi connectivity index (χ1v) is 7.95. The van der Waals surface area contributed by atoms with Gasteiger partial charge in [-0.2, -0.15) is 0 Å². The molecule has 1 aromatic carbocycles. The van der Waals surface area contributed by atoms with Crippen molar-refractivity contribution in [2.24, 2.45) is 5.41 Å². The molecule has 0 saturated carbocycles. The predicted octanol–water partition coefficient (Wildman–Crippen LogP) is 4.89. The molecule has 112 valence electrons. The monoisotopic (exact) mass is 342 g/mol. The summed E-state index contributed by atoms with van der Waals surface area (Å²) in [6.45, 7) is 4.47. The molecule has 1 N–H and O–H groups in total. The summed E-state index contributed by atoms with van der Waals surface area (Å²) in [5, 5.41) is 9.52. The maximum atomic E-state index is 11.6. The molecule has 0 saturated heterocycles. The molecule has 0 aromatic heterocycles. The van der Waals surface area contributed by atoms with Crippen LogP contribution in [0.1, 0.15) is 46.0 Å². The van der Waals surface area contributed by atoms with E-state index in [2.05, 4.69) is 22.9 Å². The van der Waals surface area contributed by atoms with Crippen LogP contribution in [0.2, 0.25) is 0 Å². The van der Waals surface area contributed by atoms with Gasteiger partial charge in [0.25, 0.3) is 0 Å². The van der Waals surface area contributed by atoms with E-state index in [-0.39, 0.29) is 0 Å². The minimum Gasteiger partial charge on any atom is -0.494 e. The third-order valence-electron chi connectivity index (χ3n) is 3.80.